The molecule has 8 nitrogen and oxygen atoms in total. The van der Waals surface area contributed by atoms with E-state index in [0.29, 0.717) is 26.1 Å². The predicted octanol–water partition coefficient (Wildman–Crippen LogP) is 1.06. The molecule has 0 spiro atoms. The normalized spacial score (nSPS) is 11.0. The van der Waals surface area contributed by atoms with E-state index in [9.17, 15) is 4.79 Å². The minimum Gasteiger partial charge on any atom is -0.469 e. The third-order valence-corrected chi connectivity index (χ3v) is 4.09. The summed E-state index contributed by atoms with van der Waals surface area (Å²) in [6.07, 6.45) is 7.86. The molecule has 8 heteroatoms. The number of nitrogens with two attached hydrogens (primary N) is 1. The van der Waals surface area contributed by atoms with Gasteiger partial charge in [-0.25, -0.2) is 4.52 Å². The monoisotopic (exact) mass is 342 g/mol. The fraction of sp³-hybridized carbons (Fsp3) is 0.353. The zero-order valence-electron chi connectivity index (χ0n) is 14.4. The smallest absolute Gasteiger partial charge is 0.307 e. The largest absolute Gasteiger partial charge is 0.469 e. The van der Waals surface area contributed by atoms with E-state index >= 15 is 0 Å². The van der Waals surface area contributed by atoms with Crippen LogP contribution in [-0.2, 0) is 16.6 Å². The van der Waals surface area contributed by atoms with Crippen LogP contribution >= 0.6 is 0 Å². The lowest BCUT2D eigenvalue weighted by atomic mass is 10.1. The second-order valence-corrected chi connectivity index (χ2v) is 5.78. The fourth-order valence-corrected chi connectivity index (χ4v) is 2.79. The summed E-state index contributed by atoms with van der Waals surface area (Å²) in [5.41, 5.74) is 9.71. The van der Waals surface area contributed by atoms with E-state index in [0.717, 1.165) is 22.3 Å². The zero-order chi connectivity index (χ0) is 17.8. The van der Waals surface area contributed by atoms with Crippen molar-refractivity contribution in [2.45, 2.75) is 6.42 Å². The first-order valence-corrected chi connectivity index (χ1v) is 8.10. The van der Waals surface area contributed by atoms with Crippen molar-refractivity contribution in [2.75, 3.05) is 31.6 Å². The average molecular weight is 342 g/mol. The Labute approximate surface area is 145 Å². The van der Waals surface area contributed by atoms with Crippen molar-refractivity contribution in [3.8, 4) is 11.1 Å². The number of carbonyl (C=O) groups excluding carboxylic acids is 1. The first-order chi connectivity index (χ1) is 12.1. The molecule has 0 fully saturated rings. The van der Waals surface area contributed by atoms with Crippen molar-refractivity contribution in [3.05, 3.63) is 36.9 Å². The number of anilines is 1. The maximum absolute atomic E-state index is 11.4. The third-order valence-electron chi connectivity index (χ3n) is 4.09. The van der Waals surface area contributed by atoms with E-state index in [4.69, 9.17) is 10.5 Å². The molecule has 25 heavy (non-hydrogen) atoms. The van der Waals surface area contributed by atoms with Gasteiger partial charge in [0.2, 0.25) is 0 Å². The van der Waals surface area contributed by atoms with Crippen LogP contribution < -0.4 is 10.6 Å². The number of nitrogens with zero attached hydrogens (tertiary/aromatic N) is 5. The number of carbonyl (C=O) groups is 1. The van der Waals surface area contributed by atoms with Crippen molar-refractivity contribution < 1.29 is 9.53 Å². The SMILES string of the molecule is COC(=O)CCN(CCN)c1cnn2cc(-c3cnn(C)c3)ccc12. The second kappa shape index (κ2) is 7.35. The van der Waals surface area contributed by atoms with Gasteiger partial charge in [0.25, 0.3) is 0 Å². The first-order valence-electron chi connectivity index (χ1n) is 8.10. The Hall–Kier alpha value is -2.87. The number of hydrogen-bond acceptors (Lipinski definition) is 6. The van der Waals surface area contributed by atoms with Gasteiger partial charge < -0.3 is 15.4 Å². The van der Waals surface area contributed by atoms with E-state index in [2.05, 4.69) is 15.1 Å². The predicted molar refractivity (Wildman–Crippen MR) is 95.3 cm³/mol. The lowest BCUT2D eigenvalue weighted by Gasteiger charge is -2.22. The van der Waals surface area contributed by atoms with Gasteiger partial charge in [0.1, 0.15) is 0 Å². The highest BCUT2D eigenvalue weighted by molar-refractivity contribution is 5.76. The molecule has 0 bridgehead atoms. The molecule has 132 valence electrons. The molecule has 0 amide bonds. The molecule has 3 heterocycles. The van der Waals surface area contributed by atoms with Crippen molar-refractivity contribution in [3.63, 3.8) is 0 Å². The number of hydrogen-bond donors (Lipinski definition) is 1. The lowest BCUT2D eigenvalue weighted by Crippen LogP contribution is -2.31. The summed E-state index contributed by atoms with van der Waals surface area (Å²) in [6, 6.07) is 4.06. The van der Waals surface area contributed by atoms with Crippen LogP contribution in [-0.4, -0.2) is 52.1 Å². The standard InChI is InChI=1S/C17H22N6O2/c1-21-11-14(9-19-21)13-3-4-15-16(10-20-23(15)12-13)22(8-6-18)7-5-17(24)25-2/h3-4,9-12H,5-8,18H2,1-2H3. The van der Waals surface area contributed by atoms with Crippen molar-refractivity contribution in [1.82, 2.24) is 19.4 Å². The average Bonchev–Trinajstić information content (AvgIpc) is 3.24. The van der Waals surface area contributed by atoms with Crippen LogP contribution in [0.1, 0.15) is 6.42 Å². The molecule has 3 aromatic heterocycles. The summed E-state index contributed by atoms with van der Waals surface area (Å²) >= 11 is 0. The van der Waals surface area contributed by atoms with Gasteiger partial charge in [0.15, 0.2) is 0 Å². The Morgan fingerprint density at radius 1 is 1.20 bits per heavy atom. The first kappa shape index (κ1) is 17.0. The molecule has 3 rings (SSSR count). The Bertz CT molecular complexity index is 869. The van der Waals surface area contributed by atoms with Gasteiger partial charge >= 0.3 is 5.97 Å². The highest BCUT2D eigenvalue weighted by atomic mass is 16.5. The van der Waals surface area contributed by atoms with Crippen molar-refractivity contribution >= 4 is 17.2 Å². The van der Waals surface area contributed by atoms with Gasteiger partial charge in [-0.1, -0.05) is 6.07 Å². The minimum atomic E-state index is -0.239. The molecule has 2 N–H and O–H groups in total. The molecular weight excluding hydrogens is 320 g/mol. The van der Waals surface area contributed by atoms with Crippen LogP contribution in [0.5, 0.6) is 0 Å². The maximum Gasteiger partial charge on any atom is 0.307 e. The Balaban J connectivity index is 1.89. The van der Waals surface area contributed by atoms with Crippen LogP contribution in [0.3, 0.4) is 0 Å². The van der Waals surface area contributed by atoms with E-state index in [1.807, 2.05) is 42.3 Å². The molecule has 0 aromatic carbocycles. The van der Waals surface area contributed by atoms with Crippen LogP contribution in [0.25, 0.3) is 16.6 Å². The van der Waals surface area contributed by atoms with Crippen LogP contribution in [0, 0.1) is 0 Å². The van der Waals surface area contributed by atoms with E-state index in [1.165, 1.54) is 7.11 Å². The van der Waals surface area contributed by atoms with Crippen molar-refractivity contribution in [2.24, 2.45) is 12.8 Å². The van der Waals surface area contributed by atoms with E-state index in [-0.39, 0.29) is 5.97 Å². The summed E-state index contributed by atoms with van der Waals surface area (Å²) in [6.45, 7) is 1.67. The van der Waals surface area contributed by atoms with Crippen LogP contribution in [0.15, 0.2) is 36.9 Å². The van der Waals surface area contributed by atoms with E-state index in [1.54, 1.807) is 10.9 Å². The number of rotatable bonds is 7. The van der Waals surface area contributed by atoms with Crippen LogP contribution in [0.2, 0.25) is 0 Å². The molecule has 0 radical (unpaired) electrons. The summed E-state index contributed by atoms with van der Waals surface area (Å²) in [5, 5.41) is 8.65. The Morgan fingerprint density at radius 3 is 2.72 bits per heavy atom. The number of esters is 1. The van der Waals surface area contributed by atoms with Crippen molar-refractivity contribution in [1.29, 1.82) is 0 Å². The number of aryl methyl sites for hydroxylation is 1. The minimum absolute atomic E-state index is 0.239. The van der Waals surface area contributed by atoms with Gasteiger partial charge in [-0.15, -0.1) is 0 Å². The van der Waals surface area contributed by atoms with Gasteiger partial charge in [0.05, 0.1) is 37.1 Å². The molecule has 0 saturated heterocycles. The zero-order valence-corrected chi connectivity index (χ0v) is 14.4. The molecule has 0 aliphatic heterocycles. The van der Waals surface area contributed by atoms with Gasteiger partial charge in [-0.05, 0) is 6.07 Å². The number of ether oxygens (including phenoxy) is 1. The molecule has 0 unspecified atom stereocenters. The highest BCUT2D eigenvalue weighted by Crippen LogP contribution is 2.25. The number of methoxy groups -OCH3 is 1. The number of fused-ring (bicyclic) bond motifs is 1. The molecule has 0 atom stereocenters. The summed E-state index contributed by atoms with van der Waals surface area (Å²) in [4.78, 5) is 13.5. The third kappa shape index (κ3) is 3.63. The van der Waals surface area contributed by atoms with Gasteiger partial charge in [-0.2, -0.15) is 10.2 Å². The quantitative estimate of drug-likeness (QED) is 0.646. The maximum atomic E-state index is 11.4. The molecule has 0 saturated carbocycles. The molecule has 3 aromatic rings. The highest BCUT2D eigenvalue weighted by Gasteiger charge is 2.14. The summed E-state index contributed by atoms with van der Waals surface area (Å²) < 4.78 is 8.33. The number of pyridine rings is 1. The summed E-state index contributed by atoms with van der Waals surface area (Å²) in [7, 11) is 3.28. The van der Waals surface area contributed by atoms with Gasteiger partial charge in [0, 0.05) is 50.2 Å². The van der Waals surface area contributed by atoms with E-state index < -0.39 is 0 Å². The number of aromatic nitrogens is 4. The molecular formula is C17H22N6O2. The van der Waals surface area contributed by atoms with Gasteiger partial charge in [-0.3, -0.25) is 9.48 Å². The Kier molecular flexibility index (Phi) is 4.99. The molecule has 0 aliphatic carbocycles. The Morgan fingerprint density at radius 2 is 2.04 bits per heavy atom. The topological polar surface area (TPSA) is 90.7 Å². The van der Waals surface area contributed by atoms with Crippen LogP contribution in [0.4, 0.5) is 5.69 Å². The lowest BCUT2D eigenvalue weighted by molar-refractivity contribution is -0.140. The second-order valence-electron chi connectivity index (χ2n) is 5.78. The fourth-order valence-electron chi connectivity index (χ4n) is 2.79. The molecule has 0 aliphatic rings. The summed E-state index contributed by atoms with van der Waals surface area (Å²) in [5.74, 6) is -0.239.